The smallest absolute Gasteiger partial charge is 0.231 e. The van der Waals surface area contributed by atoms with Crippen molar-refractivity contribution in [1.82, 2.24) is 0 Å². The van der Waals surface area contributed by atoms with E-state index in [0.29, 0.717) is 11.5 Å². The molecule has 0 aliphatic carbocycles. The van der Waals surface area contributed by atoms with E-state index in [1.165, 1.54) is 6.42 Å². The molecule has 0 aromatic heterocycles. The molecule has 1 aliphatic rings. The minimum atomic E-state index is 0.275. The average molecular weight is 142 g/mol. The molecule has 0 amide bonds. The molecule has 0 aromatic carbocycles. The third kappa shape index (κ3) is 3.17. The van der Waals surface area contributed by atoms with E-state index < -0.39 is 0 Å². The number of rotatable bonds is 0. The summed E-state index contributed by atoms with van der Waals surface area (Å²) in [6.45, 7) is 11.5. The van der Waals surface area contributed by atoms with Crippen LogP contribution in [-0.4, -0.2) is 6.79 Å². The van der Waals surface area contributed by atoms with Crippen molar-refractivity contribution < 1.29 is 9.47 Å². The second-order valence-corrected chi connectivity index (χ2v) is 1.96. The van der Waals surface area contributed by atoms with Gasteiger partial charge in [-0.1, -0.05) is 33.4 Å². The summed E-state index contributed by atoms with van der Waals surface area (Å²) in [6, 6.07) is 0. The summed E-state index contributed by atoms with van der Waals surface area (Å²) in [5, 5.41) is 0. The Bertz CT molecular complexity index is 113. The molecule has 58 valence electrons. The highest BCUT2D eigenvalue weighted by Gasteiger charge is 2.08. The fourth-order valence-corrected chi connectivity index (χ4v) is 0.333. The van der Waals surface area contributed by atoms with E-state index >= 15 is 0 Å². The van der Waals surface area contributed by atoms with Gasteiger partial charge >= 0.3 is 0 Å². The lowest BCUT2D eigenvalue weighted by Crippen LogP contribution is -1.74. The van der Waals surface area contributed by atoms with Crippen LogP contribution in [0.25, 0.3) is 0 Å². The van der Waals surface area contributed by atoms with Gasteiger partial charge in [0, 0.05) is 0 Å². The van der Waals surface area contributed by atoms with Crippen LogP contribution in [0.2, 0.25) is 0 Å². The molecule has 0 radical (unpaired) electrons. The van der Waals surface area contributed by atoms with Gasteiger partial charge in [0.25, 0.3) is 0 Å². The Balaban J connectivity index is 0.000000236. The molecule has 0 bridgehead atoms. The largest absolute Gasteiger partial charge is 0.454 e. The highest BCUT2D eigenvalue weighted by molar-refractivity contribution is 5.14. The molecule has 1 saturated heterocycles. The molecule has 0 unspecified atom stereocenters. The lowest BCUT2D eigenvalue weighted by molar-refractivity contribution is 0.0983. The maximum Gasteiger partial charge on any atom is 0.231 e. The van der Waals surface area contributed by atoms with Crippen molar-refractivity contribution in [3.05, 3.63) is 24.7 Å². The molecule has 1 aliphatic heterocycles. The molecule has 2 nitrogen and oxygen atoms in total. The maximum atomic E-state index is 4.75. The van der Waals surface area contributed by atoms with Crippen LogP contribution in [0.1, 0.15) is 20.3 Å². The van der Waals surface area contributed by atoms with Gasteiger partial charge in [0.15, 0.2) is 11.5 Å². The van der Waals surface area contributed by atoms with Gasteiger partial charge in [-0.3, -0.25) is 0 Å². The van der Waals surface area contributed by atoms with Gasteiger partial charge in [0.05, 0.1) is 0 Å². The standard InChI is InChI=1S/C5H6O2.C3H8/c1-4-5(2)7-3-6-4;1-3-2/h1-3H2;3H2,1-2H3. The minimum Gasteiger partial charge on any atom is -0.454 e. The first kappa shape index (κ1) is 9.08. The summed E-state index contributed by atoms with van der Waals surface area (Å²) in [6.07, 6.45) is 1.25. The van der Waals surface area contributed by atoms with Crippen molar-refractivity contribution in [2.45, 2.75) is 20.3 Å². The summed E-state index contributed by atoms with van der Waals surface area (Å²) in [5.41, 5.74) is 0. The monoisotopic (exact) mass is 142 g/mol. The Kier molecular flexibility index (Phi) is 4.46. The van der Waals surface area contributed by atoms with E-state index in [4.69, 9.17) is 9.47 Å². The first-order valence-electron chi connectivity index (χ1n) is 3.36. The quantitative estimate of drug-likeness (QED) is 0.517. The van der Waals surface area contributed by atoms with Crippen molar-refractivity contribution in [2.24, 2.45) is 0 Å². The maximum absolute atomic E-state index is 4.75. The normalized spacial score (nSPS) is 15.0. The number of hydrogen-bond donors (Lipinski definition) is 0. The Morgan fingerprint density at radius 1 is 1.20 bits per heavy atom. The molecule has 2 heteroatoms. The molecule has 10 heavy (non-hydrogen) atoms. The van der Waals surface area contributed by atoms with Crippen LogP contribution in [0, 0.1) is 0 Å². The summed E-state index contributed by atoms with van der Waals surface area (Å²) in [7, 11) is 0. The van der Waals surface area contributed by atoms with E-state index in [2.05, 4.69) is 27.0 Å². The van der Waals surface area contributed by atoms with Crippen LogP contribution in [0.15, 0.2) is 24.7 Å². The van der Waals surface area contributed by atoms with Gasteiger partial charge in [-0.05, 0) is 0 Å². The van der Waals surface area contributed by atoms with Crippen LogP contribution in [0.4, 0.5) is 0 Å². The van der Waals surface area contributed by atoms with E-state index in [-0.39, 0.29) is 6.79 Å². The fourth-order valence-electron chi connectivity index (χ4n) is 0.333. The average Bonchev–Trinajstić information content (AvgIpc) is 2.19. The molecular formula is C8H14O2. The van der Waals surface area contributed by atoms with E-state index in [1.807, 2.05) is 0 Å². The summed E-state index contributed by atoms with van der Waals surface area (Å²) in [4.78, 5) is 0. The zero-order chi connectivity index (χ0) is 7.98. The van der Waals surface area contributed by atoms with Crippen molar-refractivity contribution in [1.29, 1.82) is 0 Å². The third-order valence-corrected chi connectivity index (χ3v) is 0.777. The molecule has 0 aromatic rings. The van der Waals surface area contributed by atoms with Crippen molar-refractivity contribution in [3.8, 4) is 0 Å². The van der Waals surface area contributed by atoms with E-state index in [1.54, 1.807) is 0 Å². The van der Waals surface area contributed by atoms with Crippen molar-refractivity contribution in [2.75, 3.05) is 6.79 Å². The zero-order valence-electron chi connectivity index (χ0n) is 6.64. The Morgan fingerprint density at radius 2 is 1.50 bits per heavy atom. The predicted octanol–water partition coefficient (Wildman–Crippen LogP) is 2.43. The second kappa shape index (κ2) is 4.91. The van der Waals surface area contributed by atoms with Crippen molar-refractivity contribution in [3.63, 3.8) is 0 Å². The lowest BCUT2D eigenvalue weighted by Gasteiger charge is -1.84. The minimum absolute atomic E-state index is 0.275. The first-order valence-corrected chi connectivity index (χ1v) is 3.36. The lowest BCUT2D eigenvalue weighted by atomic mass is 10.5. The molecule has 0 atom stereocenters. The molecule has 1 fully saturated rings. The Hall–Kier alpha value is -0.920. The van der Waals surface area contributed by atoms with Gasteiger partial charge < -0.3 is 9.47 Å². The molecule has 1 rings (SSSR count). The summed E-state index contributed by atoms with van der Waals surface area (Å²) >= 11 is 0. The topological polar surface area (TPSA) is 18.5 Å². The highest BCUT2D eigenvalue weighted by atomic mass is 16.7. The first-order chi connectivity index (χ1) is 4.72. The molecular weight excluding hydrogens is 128 g/mol. The fraction of sp³-hybridized carbons (Fsp3) is 0.500. The molecule has 0 saturated carbocycles. The van der Waals surface area contributed by atoms with Gasteiger partial charge in [0.2, 0.25) is 6.79 Å². The van der Waals surface area contributed by atoms with Gasteiger partial charge in [-0.2, -0.15) is 0 Å². The van der Waals surface area contributed by atoms with Crippen LogP contribution in [0.3, 0.4) is 0 Å². The summed E-state index contributed by atoms with van der Waals surface area (Å²) in [5.74, 6) is 1.08. The number of hydrogen-bond acceptors (Lipinski definition) is 2. The van der Waals surface area contributed by atoms with Crippen LogP contribution >= 0.6 is 0 Å². The second-order valence-electron chi connectivity index (χ2n) is 1.96. The van der Waals surface area contributed by atoms with E-state index in [0.717, 1.165) is 0 Å². The van der Waals surface area contributed by atoms with Crippen LogP contribution < -0.4 is 0 Å². The molecule has 0 N–H and O–H groups in total. The Labute approximate surface area is 62.1 Å². The third-order valence-electron chi connectivity index (χ3n) is 0.777. The van der Waals surface area contributed by atoms with Gasteiger partial charge in [-0.25, -0.2) is 0 Å². The van der Waals surface area contributed by atoms with Crippen molar-refractivity contribution >= 4 is 0 Å². The summed E-state index contributed by atoms with van der Waals surface area (Å²) < 4.78 is 9.50. The van der Waals surface area contributed by atoms with Crippen LogP contribution in [-0.2, 0) is 9.47 Å². The SMILES string of the molecule is C=C1OCOC1=C.CCC. The number of ether oxygens (including phenoxy) is 2. The highest BCUT2D eigenvalue weighted by Crippen LogP contribution is 2.15. The predicted molar refractivity (Wildman–Crippen MR) is 41.3 cm³/mol. The van der Waals surface area contributed by atoms with E-state index in [9.17, 15) is 0 Å². The zero-order valence-corrected chi connectivity index (χ0v) is 6.64. The molecule has 0 spiro atoms. The van der Waals surface area contributed by atoms with Crippen LogP contribution in [0.5, 0.6) is 0 Å². The van der Waals surface area contributed by atoms with Gasteiger partial charge in [0.1, 0.15) is 0 Å². The molecule has 1 heterocycles. The Morgan fingerprint density at radius 3 is 1.60 bits per heavy atom. The van der Waals surface area contributed by atoms with Gasteiger partial charge in [-0.15, -0.1) is 0 Å².